The zero-order valence-corrected chi connectivity index (χ0v) is 16.4. The van der Waals surface area contributed by atoms with Gasteiger partial charge in [0.15, 0.2) is 11.7 Å². The summed E-state index contributed by atoms with van der Waals surface area (Å²) in [6.45, 7) is 1.60. The van der Waals surface area contributed by atoms with Crippen molar-refractivity contribution < 1.29 is 14.3 Å². The molecule has 0 aliphatic carbocycles. The van der Waals surface area contributed by atoms with Gasteiger partial charge in [0.05, 0.1) is 17.3 Å². The van der Waals surface area contributed by atoms with Crippen LogP contribution in [0.15, 0.2) is 60.0 Å². The third-order valence-electron chi connectivity index (χ3n) is 3.90. The molecule has 0 radical (unpaired) electrons. The molecule has 1 heterocycles. The Morgan fingerprint density at radius 2 is 1.90 bits per heavy atom. The molecule has 0 aliphatic rings. The van der Waals surface area contributed by atoms with E-state index in [0.29, 0.717) is 10.7 Å². The zero-order valence-electron chi connectivity index (χ0n) is 15.6. The molecule has 6 nitrogen and oxygen atoms in total. The number of aromatic nitrogens is 1. The van der Waals surface area contributed by atoms with E-state index in [0.717, 1.165) is 22.4 Å². The lowest BCUT2D eigenvalue weighted by molar-refractivity contribution is -0.142. The van der Waals surface area contributed by atoms with Crippen LogP contribution in [-0.4, -0.2) is 23.5 Å². The quantitative estimate of drug-likeness (QED) is 0.492. The van der Waals surface area contributed by atoms with E-state index in [1.165, 1.54) is 17.4 Å². The van der Waals surface area contributed by atoms with Gasteiger partial charge in [0.1, 0.15) is 0 Å². The lowest BCUT2D eigenvalue weighted by atomic mass is 10.1. The van der Waals surface area contributed by atoms with Crippen molar-refractivity contribution in [2.75, 3.05) is 11.9 Å². The van der Waals surface area contributed by atoms with Gasteiger partial charge in [0.25, 0.3) is 5.91 Å². The minimum atomic E-state index is -0.635. The maximum atomic E-state index is 12.0. The Bertz CT molecular complexity index is 1080. The summed E-state index contributed by atoms with van der Waals surface area (Å²) in [6, 6.07) is 16.7. The van der Waals surface area contributed by atoms with Gasteiger partial charge in [0, 0.05) is 17.0 Å². The standard InChI is InChI=1S/C22H17N3O3S/c1-15-2-9-18(10-3-15)19-14-29-22(24-19)25-20(26)13-28-21(27)11-8-16-4-6-17(12-23)7-5-16/h2-11,14H,13H2,1H3,(H,24,25,26)/b11-8+. The second-order valence-electron chi connectivity index (χ2n) is 6.13. The number of thiazole rings is 1. The Labute approximate surface area is 172 Å². The molecular formula is C22H17N3O3S. The van der Waals surface area contributed by atoms with Crippen LogP contribution in [0.3, 0.4) is 0 Å². The molecule has 3 aromatic rings. The van der Waals surface area contributed by atoms with Crippen LogP contribution in [0.2, 0.25) is 0 Å². The van der Waals surface area contributed by atoms with Crippen LogP contribution in [0.4, 0.5) is 5.13 Å². The number of anilines is 1. The predicted molar refractivity (Wildman–Crippen MR) is 112 cm³/mol. The number of ether oxygens (including phenoxy) is 1. The average molecular weight is 403 g/mol. The molecule has 1 aromatic heterocycles. The molecule has 2 aromatic carbocycles. The highest BCUT2D eigenvalue weighted by Crippen LogP contribution is 2.25. The third kappa shape index (κ3) is 5.86. The summed E-state index contributed by atoms with van der Waals surface area (Å²) < 4.78 is 4.93. The number of benzene rings is 2. The van der Waals surface area contributed by atoms with Gasteiger partial charge >= 0.3 is 5.97 Å². The van der Waals surface area contributed by atoms with Crippen LogP contribution in [0.1, 0.15) is 16.7 Å². The van der Waals surface area contributed by atoms with Gasteiger partial charge in [-0.2, -0.15) is 5.26 Å². The fraction of sp³-hybridized carbons (Fsp3) is 0.0909. The fourth-order valence-corrected chi connectivity index (χ4v) is 3.10. The maximum absolute atomic E-state index is 12.0. The number of carbonyl (C=O) groups excluding carboxylic acids is 2. The Morgan fingerprint density at radius 3 is 2.59 bits per heavy atom. The van der Waals surface area contributed by atoms with E-state index < -0.39 is 18.5 Å². The minimum absolute atomic E-state index is 0.407. The van der Waals surface area contributed by atoms with E-state index in [4.69, 9.17) is 10.00 Å². The number of carbonyl (C=O) groups is 2. The normalized spacial score (nSPS) is 10.5. The van der Waals surface area contributed by atoms with Crippen LogP contribution in [-0.2, 0) is 14.3 Å². The number of hydrogen-bond acceptors (Lipinski definition) is 6. The lowest BCUT2D eigenvalue weighted by Gasteiger charge is -2.02. The van der Waals surface area contributed by atoms with Crippen LogP contribution < -0.4 is 5.32 Å². The first-order chi connectivity index (χ1) is 14.0. The van der Waals surface area contributed by atoms with Gasteiger partial charge in [-0.1, -0.05) is 42.0 Å². The average Bonchev–Trinajstić information content (AvgIpc) is 3.20. The maximum Gasteiger partial charge on any atom is 0.331 e. The number of amides is 1. The van der Waals surface area contributed by atoms with Gasteiger partial charge in [0.2, 0.25) is 0 Å². The van der Waals surface area contributed by atoms with E-state index in [1.807, 2.05) is 42.6 Å². The SMILES string of the molecule is Cc1ccc(-c2csc(NC(=O)COC(=O)/C=C/c3ccc(C#N)cc3)n2)cc1. The summed E-state index contributed by atoms with van der Waals surface area (Å²) in [5, 5.41) is 13.7. The molecule has 0 aliphatic heterocycles. The number of esters is 1. The van der Waals surface area contributed by atoms with Crippen LogP contribution in [0.5, 0.6) is 0 Å². The Morgan fingerprint density at radius 1 is 1.17 bits per heavy atom. The molecule has 0 saturated carbocycles. The summed E-state index contributed by atoms with van der Waals surface area (Å²) in [7, 11) is 0. The topological polar surface area (TPSA) is 92.1 Å². The summed E-state index contributed by atoms with van der Waals surface area (Å²) in [5.41, 5.74) is 4.18. The number of rotatable bonds is 6. The molecule has 0 atom stereocenters. The molecular weight excluding hydrogens is 386 g/mol. The third-order valence-corrected chi connectivity index (χ3v) is 4.65. The summed E-state index contributed by atoms with van der Waals surface area (Å²) >= 11 is 1.30. The first kappa shape index (κ1) is 20.0. The molecule has 0 saturated heterocycles. The predicted octanol–water partition coefficient (Wildman–Crippen LogP) is 4.19. The number of hydrogen-bond donors (Lipinski definition) is 1. The molecule has 0 bridgehead atoms. The lowest BCUT2D eigenvalue weighted by Crippen LogP contribution is -2.20. The summed E-state index contributed by atoms with van der Waals surface area (Å²) in [4.78, 5) is 28.1. The van der Waals surface area contributed by atoms with E-state index in [-0.39, 0.29) is 0 Å². The van der Waals surface area contributed by atoms with Crippen molar-refractivity contribution in [3.8, 4) is 17.3 Å². The molecule has 29 heavy (non-hydrogen) atoms. The Kier molecular flexibility index (Phi) is 6.51. The van der Waals surface area contributed by atoms with Crippen molar-refractivity contribution in [3.05, 3.63) is 76.7 Å². The van der Waals surface area contributed by atoms with Crippen molar-refractivity contribution in [2.24, 2.45) is 0 Å². The number of aryl methyl sites for hydroxylation is 1. The first-order valence-electron chi connectivity index (χ1n) is 8.71. The number of nitrogens with zero attached hydrogens (tertiary/aromatic N) is 2. The van der Waals surface area contributed by atoms with Gasteiger partial charge < -0.3 is 4.74 Å². The summed E-state index contributed by atoms with van der Waals surface area (Å²) in [6.07, 6.45) is 2.78. The van der Waals surface area contributed by atoms with Crippen LogP contribution in [0, 0.1) is 18.3 Å². The fourth-order valence-electron chi connectivity index (χ4n) is 2.36. The van der Waals surface area contributed by atoms with E-state index >= 15 is 0 Å². The van der Waals surface area contributed by atoms with E-state index in [2.05, 4.69) is 10.3 Å². The largest absolute Gasteiger partial charge is 0.452 e. The van der Waals surface area contributed by atoms with Crippen molar-refractivity contribution in [1.29, 1.82) is 5.26 Å². The molecule has 0 unspecified atom stereocenters. The smallest absolute Gasteiger partial charge is 0.331 e. The molecule has 144 valence electrons. The highest BCUT2D eigenvalue weighted by atomic mass is 32.1. The minimum Gasteiger partial charge on any atom is -0.452 e. The molecule has 0 fully saturated rings. The Balaban J connectivity index is 1.48. The zero-order chi connectivity index (χ0) is 20.6. The highest BCUT2D eigenvalue weighted by molar-refractivity contribution is 7.14. The van der Waals surface area contributed by atoms with Crippen LogP contribution in [0.25, 0.3) is 17.3 Å². The highest BCUT2D eigenvalue weighted by Gasteiger charge is 2.10. The van der Waals surface area contributed by atoms with Gasteiger partial charge in [-0.05, 0) is 30.7 Å². The number of nitriles is 1. The summed E-state index contributed by atoms with van der Waals surface area (Å²) in [5.74, 6) is -1.10. The van der Waals surface area contributed by atoms with E-state index in [1.54, 1.807) is 30.3 Å². The van der Waals surface area contributed by atoms with Crippen molar-refractivity contribution in [2.45, 2.75) is 6.92 Å². The monoisotopic (exact) mass is 403 g/mol. The first-order valence-corrected chi connectivity index (χ1v) is 9.59. The van der Waals surface area contributed by atoms with Crippen molar-refractivity contribution in [3.63, 3.8) is 0 Å². The van der Waals surface area contributed by atoms with Crippen molar-refractivity contribution in [1.82, 2.24) is 4.98 Å². The van der Waals surface area contributed by atoms with Gasteiger partial charge in [-0.3, -0.25) is 10.1 Å². The second kappa shape index (κ2) is 9.44. The molecule has 1 amide bonds. The van der Waals surface area contributed by atoms with Crippen LogP contribution >= 0.6 is 11.3 Å². The second-order valence-corrected chi connectivity index (χ2v) is 6.99. The molecule has 3 rings (SSSR count). The molecule has 1 N–H and O–H groups in total. The number of nitrogens with one attached hydrogen (secondary N) is 1. The van der Waals surface area contributed by atoms with Gasteiger partial charge in [-0.25, -0.2) is 9.78 Å². The van der Waals surface area contributed by atoms with Gasteiger partial charge in [-0.15, -0.1) is 11.3 Å². The molecule has 0 spiro atoms. The van der Waals surface area contributed by atoms with E-state index in [9.17, 15) is 9.59 Å². The molecule has 7 heteroatoms. The Hall–Kier alpha value is -3.76. The van der Waals surface area contributed by atoms with Crippen molar-refractivity contribution >= 4 is 34.4 Å².